The van der Waals surface area contributed by atoms with Crippen LogP contribution in [0.25, 0.3) is 0 Å². The van der Waals surface area contributed by atoms with Crippen molar-refractivity contribution in [1.29, 1.82) is 0 Å². The molecule has 0 aliphatic heterocycles. The van der Waals surface area contributed by atoms with Crippen molar-refractivity contribution in [1.82, 2.24) is 0 Å². The summed E-state index contributed by atoms with van der Waals surface area (Å²) in [5.41, 5.74) is -2.45. The Morgan fingerprint density at radius 1 is 1.37 bits per heavy atom. The van der Waals surface area contributed by atoms with Crippen LogP contribution in [0.5, 0.6) is 0 Å². The van der Waals surface area contributed by atoms with Gasteiger partial charge in [0.2, 0.25) is 0 Å². The van der Waals surface area contributed by atoms with Gasteiger partial charge in [0.25, 0.3) is 5.69 Å². The van der Waals surface area contributed by atoms with Gasteiger partial charge < -0.3 is 10.2 Å². The quantitative estimate of drug-likeness (QED) is 0.499. The van der Waals surface area contributed by atoms with E-state index < -0.39 is 34.6 Å². The number of rotatable bonds is 4. The standard InChI is InChI=1S/C10H9BrF3NO4/c11-4-8(16)9(17)6-2-1-5(10(12,13)14)3-7(6)15(18)19/h1-3,8-9,16-17H,4H2. The minimum Gasteiger partial charge on any atom is -0.389 e. The van der Waals surface area contributed by atoms with Gasteiger partial charge in [-0.2, -0.15) is 13.2 Å². The predicted molar refractivity (Wildman–Crippen MR) is 62.9 cm³/mol. The molecular formula is C10H9BrF3NO4. The summed E-state index contributed by atoms with van der Waals surface area (Å²) in [6.07, 6.45) is -7.74. The number of hydrogen-bond donors (Lipinski definition) is 2. The van der Waals surface area contributed by atoms with Crippen LogP contribution in [-0.2, 0) is 6.18 Å². The molecule has 1 rings (SSSR count). The third kappa shape index (κ3) is 3.64. The molecule has 0 fully saturated rings. The highest BCUT2D eigenvalue weighted by atomic mass is 79.9. The Bertz CT molecular complexity index is 480. The number of benzene rings is 1. The Morgan fingerprint density at radius 3 is 2.37 bits per heavy atom. The van der Waals surface area contributed by atoms with Gasteiger partial charge in [0, 0.05) is 11.4 Å². The lowest BCUT2D eigenvalue weighted by Crippen LogP contribution is -2.21. The Balaban J connectivity index is 3.31. The van der Waals surface area contributed by atoms with Crippen LogP contribution in [0.15, 0.2) is 18.2 Å². The van der Waals surface area contributed by atoms with E-state index in [0.717, 1.165) is 6.07 Å². The highest BCUT2D eigenvalue weighted by Crippen LogP contribution is 2.35. The molecule has 0 radical (unpaired) electrons. The molecule has 0 aliphatic rings. The van der Waals surface area contributed by atoms with Crippen molar-refractivity contribution in [3.63, 3.8) is 0 Å². The minimum atomic E-state index is -4.72. The minimum absolute atomic E-state index is 0.0770. The fraction of sp³-hybridized carbons (Fsp3) is 0.400. The van der Waals surface area contributed by atoms with Crippen molar-refractivity contribution >= 4 is 21.6 Å². The van der Waals surface area contributed by atoms with Gasteiger partial charge in [-0.15, -0.1) is 0 Å². The molecule has 5 nitrogen and oxygen atoms in total. The molecule has 2 atom stereocenters. The SMILES string of the molecule is O=[N+]([O-])c1cc(C(F)(F)F)ccc1C(O)C(O)CBr. The smallest absolute Gasteiger partial charge is 0.389 e. The summed E-state index contributed by atoms with van der Waals surface area (Å²) >= 11 is 2.86. The van der Waals surface area contributed by atoms with Crippen molar-refractivity contribution in [3.8, 4) is 0 Å². The van der Waals surface area contributed by atoms with E-state index in [1.54, 1.807) is 0 Å². The summed E-state index contributed by atoms with van der Waals surface area (Å²) in [6, 6.07) is 1.74. The number of aliphatic hydroxyl groups is 2. The van der Waals surface area contributed by atoms with E-state index in [2.05, 4.69) is 15.9 Å². The fourth-order valence-corrected chi connectivity index (χ4v) is 1.77. The van der Waals surface area contributed by atoms with E-state index in [4.69, 9.17) is 0 Å². The molecule has 0 saturated carbocycles. The Kier molecular flexibility index (Phi) is 4.88. The van der Waals surface area contributed by atoms with E-state index in [9.17, 15) is 33.5 Å². The number of hydrogen-bond acceptors (Lipinski definition) is 4. The third-order valence-corrected chi connectivity index (χ3v) is 3.06. The Hall–Kier alpha value is -1.19. The maximum Gasteiger partial charge on any atom is 0.416 e. The molecular weight excluding hydrogens is 335 g/mol. The summed E-state index contributed by atoms with van der Waals surface area (Å²) in [4.78, 5) is 9.72. The van der Waals surface area contributed by atoms with Gasteiger partial charge in [-0.1, -0.05) is 15.9 Å². The van der Waals surface area contributed by atoms with Crippen molar-refractivity contribution in [3.05, 3.63) is 39.4 Å². The van der Waals surface area contributed by atoms with E-state index in [1.807, 2.05) is 0 Å². The first kappa shape index (κ1) is 15.9. The lowest BCUT2D eigenvalue weighted by molar-refractivity contribution is -0.386. The molecule has 19 heavy (non-hydrogen) atoms. The maximum atomic E-state index is 12.4. The largest absolute Gasteiger partial charge is 0.416 e. The highest BCUT2D eigenvalue weighted by Gasteiger charge is 2.34. The second-order valence-electron chi connectivity index (χ2n) is 3.69. The lowest BCUT2D eigenvalue weighted by Gasteiger charge is -2.16. The Morgan fingerprint density at radius 2 is 1.95 bits per heavy atom. The van der Waals surface area contributed by atoms with Gasteiger partial charge >= 0.3 is 6.18 Å². The number of alkyl halides is 4. The van der Waals surface area contributed by atoms with E-state index in [1.165, 1.54) is 0 Å². The van der Waals surface area contributed by atoms with Crippen molar-refractivity contribution in [2.45, 2.75) is 18.4 Å². The zero-order chi connectivity index (χ0) is 14.8. The molecule has 0 saturated heterocycles. The normalized spacial score (nSPS) is 15.1. The number of nitro benzene ring substituents is 1. The number of aliphatic hydroxyl groups excluding tert-OH is 2. The molecule has 1 aromatic carbocycles. The topological polar surface area (TPSA) is 83.6 Å². The van der Waals surface area contributed by atoms with Crippen molar-refractivity contribution in [2.24, 2.45) is 0 Å². The van der Waals surface area contributed by atoms with Gasteiger partial charge in [-0.25, -0.2) is 0 Å². The molecule has 0 heterocycles. The Labute approximate surface area is 113 Å². The van der Waals surface area contributed by atoms with Crippen LogP contribution in [0, 0.1) is 10.1 Å². The second-order valence-corrected chi connectivity index (χ2v) is 4.34. The molecule has 2 N–H and O–H groups in total. The van der Waals surface area contributed by atoms with Crippen molar-refractivity contribution in [2.75, 3.05) is 5.33 Å². The maximum absolute atomic E-state index is 12.4. The predicted octanol–water partition coefficient (Wildman–Crippen LogP) is 2.40. The lowest BCUT2D eigenvalue weighted by atomic mass is 10.0. The monoisotopic (exact) mass is 343 g/mol. The van der Waals surface area contributed by atoms with Gasteiger partial charge in [-0.05, 0) is 12.1 Å². The molecule has 9 heteroatoms. The van der Waals surface area contributed by atoms with Crippen LogP contribution in [0.4, 0.5) is 18.9 Å². The van der Waals surface area contributed by atoms with Gasteiger partial charge in [0.1, 0.15) is 6.10 Å². The molecule has 0 aromatic heterocycles. The van der Waals surface area contributed by atoms with Crippen LogP contribution in [0.1, 0.15) is 17.2 Å². The van der Waals surface area contributed by atoms with Gasteiger partial charge in [0.05, 0.1) is 22.2 Å². The molecule has 0 amide bonds. The van der Waals surface area contributed by atoms with Crippen molar-refractivity contribution < 1.29 is 28.3 Å². The number of nitrogens with zero attached hydrogens (tertiary/aromatic N) is 1. The van der Waals surface area contributed by atoms with Gasteiger partial charge in [-0.3, -0.25) is 10.1 Å². The van der Waals surface area contributed by atoms with Crippen LogP contribution < -0.4 is 0 Å². The molecule has 1 aromatic rings. The summed E-state index contributed by atoms with van der Waals surface area (Å²) < 4.78 is 37.3. The first-order valence-electron chi connectivity index (χ1n) is 4.96. The average molecular weight is 344 g/mol. The second kappa shape index (κ2) is 5.85. The van der Waals surface area contributed by atoms with Gasteiger partial charge in [0.15, 0.2) is 0 Å². The van der Waals surface area contributed by atoms with E-state index in [-0.39, 0.29) is 10.9 Å². The summed E-state index contributed by atoms with van der Waals surface area (Å²) in [7, 11) is 0. The summed E-state index contributed by atoms with van der Waals surface area (Å²) in [6.45, 7) is 0. The molecule has 0 spiro atoms. The molecule has 0 bridgehead atoms. The third-order valence-electron chi connectivity index (χ3n) is 2.40. The first-order chi connectivity index (χ1) is 8.68. The molecule has 106 valence electrons. The fourth-order valence-electron chi connectivity index (χ4n) is 1.42. The first-order valence-corrected chi connectivity index (χ1v) is 6.08. The summed E-state index contributed by atoms with van der Waals surface area (Å²) in [5.74, 6) is 0. The van der Waals surface area contributed by atoms with Crippen LogP contribution in [0.3, 0.4) is 0 Å². The number of nitro groups is 1. The zero-order valence-electron chi connectivity index (χ0n) is 9.26. The van der Waals surface area contributed by atoms with Crippen LogP contribution in [0.2, 0.25) is 0 Å². The zero-order valence-corrected chi connectivity index (χ0v) is 10.8. The molecule has 0 aliphatic carbocycles. The van der Waals surface area contributed by atoms with Crippen LogP contribution in [-0.4, -0.2) is 26.6 Å². The molecule has 2 unspecified atom stereocenters. The average Bonchev–Trinajstić information content (AvgIpc) is 2.35. The van der Waals surface area contributed by atoms with E-state index in [0.29, 0.717) is 12.1 Å². The highest BCUT2D eigenvalue weighted by molar-refractivity contribution is 9.09. The summed E-state index contributed by atoms with van der Waals surface area (Å²) in [5, 5.41) is 29.7. The van der Waals surface area contributed by atoms with E-state index >= 15 is 0 Å². The number of halogens is 4. The van der Waals surface area contributed by atoms with Crippen LogP contribution >= 0.6 is 15.9 Å².